The molecule has 1 unspecified atom stereocenters. The molecule has 2 aromatic heterocycles. The van der Waals surface area contributed by atoms with Crippen molar-refractivity contribution < 1.29 is 9.53 Å². The molecule has 2 aliphatic rings. The quantitative estimate of drug-likeness (QED) is 0.251. The highest BCUT2D eigenvalue weighted by molar-refractivity contribution is 6.02. The zero-order valence-corrected chi connectivity index (χ0v) is 21.9. The molecule has 6 rings (SSSR count). The van der Waals surface area contributed by atoms with Crippen molar-refractivity contribution in [1.29, 1.82) is 5.26 Å². The summed E-state index contributed by atoms with van der Waals surface area (Å²) >= 11 is 0. The second-order valence-corrected chi connectivity index (χ2v) is 10.3. The van der Waals surface area contributed by atoms with Crippen LogP contribution in [0.25, 0.3) is 22.2 Å². The number of aromatic nitrogens is 3. The van der Waals surface area contributed by atoms with Crippen molar-refractivity contribution in [3.8, 4) is 28.7 Å². The number of anilines is 1. The van der Waals surface area contributed by atoms with E-state index in [2.05, 4.69) is 27.5 Å². The van der Waals surface area contributed by atoms with Crippen molar-refractivity contribution in [1.82, 2.24) is 19.4 Å². The van der Waals surface area contributed by atoms with E-state index >= 15 is 0 Å². The normalized spacial score (nSPS) is 17.4. The van der Waals surface area contributed by atoms with Gasteiger partial charge in [-0.1, -0.05) is 36.4 Å². The highest BCUT2D eigenvalue weighted by Gasteiger charge is 2.33. The molecule has 2 N–H and O–H groups in total. The predicted octanol–water partition coefficient (Wildman–Crippen LogP) is 5.63. The molecule has 1 aliphatic heterocycles. The number of para-hydroxylation sites is 1. The van der Waals surface area contributed by atoms with Gasteiger partial charge in [0, 0.05) is 24.3 Å². The van der Waals surface area contributed by atoms with Crippen molar-refractivity contribution >= 4 is 22.8 Å². The number of nitrogens with two attached hydrogens (primary N) is 1. The van der Waals surface area contributed by atoms with Crippen molar-refractivity contribution in [2.24, 2.45) is 5.92 Å². The summed E-state index contributed by atoms with van der Waals surface area (Å²) in [6.45, 7) is 3.28. The van der Waals surface area contributed by atoms with Crippen molar-refractivity contribution in [2.45, 2.75) is 45.2 Å². The summed E-state index contributed by atoms with van der Waals surface area (Å²) in [6, 6.07) is 19.7. The van der Waals surface area contributed by atoms with E-state index in [1.807, 2.05) is 65.6 Å². The van der Waals surface area contributed by atoms with E-state index in [9.17, 15) is 10.1 Å². The number of amides is 1. The molecule has 2 aromatic carbocycles. The van der Waals surface area contributed by atoms with Crippen molar-refractivity contribution in [3.05, 3.63) is 78.3 Å². The fourth-order valence-corrected chi connectivity index (χ4v) is 5.51. The van der Waals surface area contributed by atoms with Gasteiger partial charge in [-0.25, -0.2) is 9.97 Å². The van der Waals surface area contributed by atoms with Crippen LogP contribution in [0.3, 0.4) is 0 Å². The Balaban J connectivity index is 1.32. The molecule has 1 amide bonds. The van der Waals surface area contributed by atoms with Crippen LogP contribution in [0.2, 0.25) is 0 Å². The lowest BCUT2D eigenvalue weighted by atomic mass is 10.0. The summed E-state index contributed by atoms with van der Waals surface area (Å²) in [4.78, 5) is 24.1. The number of rotatable bonds is 7. The molecule has 0 bridgehead atoms. The average molecular weight is 519 g/mol. The lowest BCUT2D eigenvalue weighted by molar-refractivity contribution is -0.127. The summed E-state index contributed by atoms with van der Waals surface area (Å²) in [5.41, 5.74) is 10.4. The maximum atomic E-state index is 13.3. The Morgan fingerprint density at radius 3 is 2.56 bits per heavy atom. The van der Waals surface area contributed by atoms with E-state index in [-0.39, 0.29) is 17.5 Å². The lowest BCUT2D eigenvalue weighted by Gasteiger charge is -2.25. The Kier molecular flexibility index (Phi) is 6.49. The largest absolute Gasteiger partial charge is 0.457 e. The molecular formula is C31H30N6O2. The van der Waals surface area contributed by atoms with Crippen LogP contribution in [-0.2, 0) is 11.3 Å². The van der Waals surface area contributed by atoms with Gasteiger partial charge in [-0.3, -0.25) is 4.79 Å². The minimum atomic E-state index is -0.163. The molecule has 3 heterocycles. The number of carbonyl (C=O) groups is 1. The van der Waals surface area contributed by atoms with Gasteiger partial charge in [0.2, 0.25) is 0 Å². The standard InChI is InChI=1S/C31H30N6O2/c1-20-27(22-11-13-26(14-12-22)39-25-7-3-2-4-8-25)28-29(33)34-19-35-30(28)37(20)18-24-6-5-15-36(24)31(38)23(17-32)16-21-9-10-21/h2-4,7-8,11-14,16,19,21,24H,5-6,9-10,15,18H2,1H3,(H2,33,34,35)/b23-16+. The summed E-state index contributed by atoms with van der Waals surface area (Å²) < 4.78 is 8.12. The molecule has 2 fully saturated rings. The van der Waals surface area contributed by atoms with E-state index in [0.29, 0.717) is 24.8 Å². The number of ether oxygens (including phenoxy) is 1. The topological polar surface area (TPSA) is 110 Å². The van der Waals surface area contributed by atoms with Gasteiger partial charge in [-0.05, 0) is 68.4 Å². The van der Waals surface area contributed by atoms with Gasteiger partial charge in [0.1, 0.15) is 40.9 Å². The van der Waals surface area contributed by atoms with E-state index in [1.165, 1.54) is 6.33 Å². The first-order valence-electron chi connectivity index (χ1n) is 13.4. The molecule has 4 aromatic rings. The first-order chi connectivity index (χ1) is 19.0. The first kappa shape index (κ1) is 24.7. The number of nitriles is 1. The Morgan fingerprint density at radius 2 is 1.85 bits per heavy atom. The van der Waals surface area contributed by atoms with Gasteiger partial charge < -0.3 is 19.9 Å². The van der Waals surface area contributed by atoms with Crippen LogP contribution in [0.4, 0.5) is 5.82 Å². The summed E-state index contributed by atoms with van der Waals surface area (Å²) in [7, 11) is 0. The Bertz CT molecular complexity index is 1600. The highest BCUT2D eigenvalue weighted by atomic mass is 16.5. The molecule has 8 nitrogen and oxygen atoms in total. The molecule has 1 atom stereocenters. The SMILES string of the molecule is Cc1c(-c2ccc(Oc3ccccc3)cc2)c2c(N)ncnc2n1CC1CCCN1C(=O)/C(C#N)=C/C1CC1. The molecule has 1 saturated carbocycles. The molecule has 1 aliphatic carbocycles. The molecule has 8 heteroatoms. The Hall–Kier alpha value is -4.64. The third-order valence-electron chi connectivity index (χ3n) is 7.66. The number of nitrogen functional groups attached to an aromatic ring is 1. The fraction of sp³-hybridized carbons (Fsp3) is 0.290. The van der Waals surface area contributed by atoms with Crippen LogP contribution >= 0.6 is 0 Å². The minimum absolute atomic E-state index is 0.0339. The Labute approximate surface area is 227 Å². The van der Waals surface area contributed by atoms with Gasteiger partial charge in [0.25, 0.3) is 5.91 Å². The molecule has 39 heavy (non-hydrogen) atoms. The first-order valence-corrected chi connectivity index (χ1v) is 13.4. The van der Waals surface area contributed by atoms with Crippen molar-refractivity contribution in [2.75, 3.05) is 12.3 Å². The molecule has 1 saturated heterocycles. The lowest BCUT2D eigenvalue weighted by Crippen LogP contribution is -2.39. The number of benzene rings is 2. The van der Waals surface area contributed by atoms with Crippen molar-refractivity contribution in [3.63, 3.8) is 0 Å². The Morgan fingerprint density at radius 1 is 1.10 bits per heavy atom. The zero-order chi connectivity index (χ0) is 26.9. The van der Waals surface area contributed by atoms with E-state index in [1.54, 1.807) is 0 Å². The van der Waals surface area contributed by atoms with Gasteiger partial charge >= 0.3 is 0 Å². The summed E-state index contributed by atoms with van der Waals surface area (Å²) in [6.07, 6.45) is 7.22. The molecular weight excluding hydrogens is 488 g/mol. The number of nitrogens with zero attached hydrogens (tertiary/aromatic N) is 5. The molecule has 0 radical (unpaired) electrons. The van der Waals surface area contributed by atoms with Gasteiger partial charge in [0.15, 0.2) is 0 Å². The minimum Gasteiger partial charge on any atom is -0.457 e. The molecule has 0 spiro atoms. The number of fused-ring (bicyclic) bond motifs is 1. The summed E-state index contributed by atoms with van der Waals surface area (Å²) in [5, 5.41) is 10.4. The smallest absolute Gasteiger partial charge is 0.264 e. The predicted molar refractivity (Wildman–Crippen MR) is 150 cm³/mol. The van der Waals surface area contributed by atoms with Crippen LogP contribution in [0.5, 0.6) is 11.5 Å². The van der Waals surface area contributed by atoms with E-state index in [4.69, 9.17) is 10.5 Å². The van der Waals surface area contributed by atoms with Crippen LogP contribution in [-0.4, -0.2) is 37.9 Å². The van der Waals surface area contributed by atoms with Gasteiger partial charge in [0.05, 0.1) is 11.4 Å². The maximum absolute atomic E-state index is 13.3. The van der Waals surface area contributed by atoms with Crippen LogP contribution < -0.4 is 10.5 Å². The second kappa shape index (κ2) is 10.3. The number of hydrogen-bond donors (Lipinski definition) is 1. The van der Waals surface area contributed by atoms with Crippen LogP contribution in [0, 0.1) is 24.2 Å². The summed E-state index contributed by atoms with van der Waals surface area (Å²) in [5.74, 6) is 2.14. The third kappa shape index (κ3) is 4.84. The number of allylic oxidation sites excluding steroid dienone is 1. The molecule has 196 valence electrons. The van der Waals surface area contributed by atoms with Gasteiger partial charge in [-0.2, -0.15) is 5.26 Å². The highest BCUT2D eigenvalue weighted by Crippen LogP contribution is 2.38. The monoisotopic (exact) mass is 518 g/mol. The zero-order valence-electron chi connectivity index (χ0n) is 21.9. The maximum Gasteiger partial charge on any atom is 0.264 e. The van der Waals surface area contributed by atoms with Crippen LogP contribution in [0.15, 0.2) is 72.6 Å². The average Bonchev–Trinajstić information content (AvgIpc) is 3.58. The third-order valence-corrected chi connectivity index (χ3v) is 7.66. The number of likely N-dealkylation sites (tertiary alicyclic amines) is 1. The number of carbonyl (C=O) groups excluding carboxylic acids is 1. The van der Waals surface area contributed by atoms with Gasteiger partial charge in [-0.15, -0.1) is 0 Å². The fourth-order valence-electron chi connectivity index (χ4n) is 5.51. The van der Waals surface area contributed by atoms with Crippen LogP contribution in [0.1, 0.15) is 31.4 Å². The number of hydrogen-bond acceptors (Lipinski definition) is 6. The van der Waals surface area contributed by atoms with E-state index in [0.717, 1.165) is 65.0 Å². The second-order valence-electron chi connectivity index (χ2n) is 10.3. The van der Waals surface area contributed by atoms with E-state index < -0.39 is 0 Å².